The number of nitrogens with one attached hydrogen (secondary N) is 3. The summed E-state index contributed by atoms with van der Waals surface area (Å²) < 4.78 is 30.3. The molecule has 0 saturated heterocycles. The molecule has 38 heavy (non-hydrogen) atoms. The number of likely N-dealkylation sites (N-methyl/N-ethyl adjacent to an activating group) is 1. The van der Waals surface area contributed by atoms with E-state index in [2.05, 4.69) is 35.5 Å². The van der Waals surface area contributed by atoms with Gasteiger partial charge < -0.3 is 15.2 Å². The van der Waals surface area contributed by atoms with Crippen molar-refractivity contribution >= 4 is 27.6 Å². The number of anilines is 1. The Bertz CT molecular complexity index is 1760. The Morgan fingerprint density at radius 2 is 1.82 bits per heavy atom. The van der Waals surface area contributed by atoms with E-state index < -0.39 is 5.82 Å². The second kappa shape index (κ2) is 9.60. The number of fused-ring (bicyclic) bond motifs is 2. The van der Waals surface area contributed by atoms with Gasteiger partial charge in [0.15, 0.2) is 11.6 Å². The summed E-state index contributed by atoms with van der Waals surface area (Å²) in [6.45, 7) is 1.46. The molecule has 0 bridgehead atoms. The van der Waals surface area contributed by atoms with Crippen LogP contribution in [0.3, 0.4) is 0 Å². The second-order valence-corrected chi connectivity index (χ2v) is 9.12. The molecule has 0 saturated carbocycles. The van der Waals surface area contributed by atoms with E-state index in [-0.39, 0.29) is 16.9 Å². The molecule has 0 radical (unpaired) electrons. The van der Waals surface area contributed by atoms with Crippen LogP contribution in [0.2, 0.25) is 0 Å². The van der Waals surface area contributed by atoms with Crippen LogP contribution in [0.4, 0.5) is 14.5 Å². The zero-order valence-electron chi connectivity index (χ0n) is 20.6. The standard InChI is InChI=1S/C27H23F2N9/c1-38(2)9-8-31-18-11-16(10-17(28)12-18)24-25-19(5-7-32-24)34-27(35-25)26-21-20(36-37-26)14-33-23(22(21)29)15-4-3-6-30-13-15/h3-7,10-14,31H,8-9H2,1-2H3,(H,34,35)(H,36,37). The van der Waals surface area contributed by atoms with Crippen LogP contribution in [-0.2, 0) is 0 Å². The third-order valence-corrected chi connectivity index (χ3v) is 6.16. The van der Waals surface area contributed by atoms with E-state index >= 15 is 4.39 Å². The lowest BCUT2D eigenvalue weighted by molar-refractivity contribution is 0.425. The summed E-state index contributed by atoms with van der Waals surface area (Å²) in [6.07, 6.45) is 6.32. The predicted octanol–water partition coefficient (Wildman–Crippen LogP) is 4.88. The fraction of sp³-hybridized carbons (Fsp3) is 0.148. The van der Waals surface area contributed by atoms with Gasteiger partial charge in [0.1, 0.15) is 22.7 Å². The molecule has 0 spiro atoms. The van der Waals surface area contributed by atoms with Gasteiger partial charge in [-0.15, -0.1) is 0 Å². The highest BCUT2D eigenvalue weighted by molar-refractivity contribution is 5.97. The first-order valence-electron chi connectivity index (χ1n) is 12.0. The molecule has 190 valence electrons. The van der Waals surface area contributed by atoms with E-state index in [0.29, 0.717) is 57.1 Å². The third kappa shape index (κ3) is 4.33. The van der Waals surface area contributed by atoms with Crippen LogP contribution in [0.5, 0.6) is 0 Å². The molecule has 1 aromatic carbocycles. The van der Waals surface area contributed by atoms with Crippen LogP contribution in [0.15, 0.2) is 61.2 Å². The second-order valence-electron chi connectivity index (χ2n) is 9.12. The van der Waals surface area contributed by atoms with Gasteiger partial charge in [-0.3, -0.25) is 20.1 Å². The number of aromatic nitrogens is 7. The SMILES string of the molecule is CN(C)CCNc1cc(F)cc(-c2nccc3[nH]c(-c4n[nH]c5cnc(-c6cccnc6)c(F)c45)nc23)c1. The van der Waals surface area contributed by atoms with Crippen molar-refractivity contribution in [2.75, 3.05) is 32.5 Å². The Balaban J connectivity index is 1.43. The third-order valence-electron chi connectivity index (χ3n) is 6.16. The van der Waals surface area contributed by atoms with Gasteiger partial charge in [-0.1, -0.05) is 0 Å². The molecule has 3 N–H and O–H groups in total. The minimum absolute atomic E-state index is 0.167. The first-order valence-corrected chi connectivity index (χ1v) is 12.0. The number of benzene rings is 1. The average molecular weight is 512 g/mol. The van der Waals surface area contributed by atoms with E-state index in [1.165, 1.54) is 18.3 Å². The molecule has 11 heteroatoms. The van der Waals surface area contributed by atoms with Gasteiger partial charge in [0.05, 0.1) is 28.3 Å². The lowest BCUT2D eigenvalue weighted by Crippen LogP contribution is -2.20. The van der Waals surface area contributed by atoms with E-state index in [1.807, 2.05) is 25.1 Å². The Labute approximate surface area is 216 Å². The van der Waals surface area contributed by atoms with Gasteiger partial charge in [0.25, 0.3) is 0 Å². The van der Waals surface area contributed by atoms with Crippen molar-refractivity contribution in [2.24, 2.45) is 0 Å². The van der Waals surface area contributed by atoms with Crippen LogP contribution in [0, 0.1) is 11.6 Å². The zero-order chi connectivity index (χ0) is 26.2. The molecule has 6 aromatic rings. The molecule has 5 aromatic heterocycles. The molecule has 0 aliphatic heterocycles. The summed E-state index contributed by atoms with van der Waals surface area (Å²) in [5, 5.41) is 10.7. The van der Waals surface area contributed by atoms with Crippen molar-refractivity contribution in [1.29, 1.82) is 0 Å². The van der Waals surface area contributed by atoms with Gasteiger partial charge in [0, 0.05) is 48.5 Å². The van der Waals surface area contributed by atoms with Crippen LogP contribution in [0.25, 0.3) is 56.0 Å². The van der Waals surface area contributed by atoms with Crippen LogP contribution >= 0.6 is 0 Å². The maximum Gasteiger partial charge on any atom is 0.161 e. The smallest absolute Gasteiger partial charge is 0.161 e. The Hall–Kier alpha value is -4.77. The van der Waals surface area contributed by atoms with Crippen molar-refractivity contribution in [2.45, 2.75) is 0 Å². The molecule has 6 rings (SSSR count). The maximum absolute atomic E-state index is 15.7. The summed E-state index contributed by atoms with van der Waals surface area (Å²) in [5.74, 6) is -0.569. The molecular weight excluding hydrogens is 488 g/mol. The number of rotatable bonds is 7. The van der Waals surface area contributed by atoms with Gasteiger partial charge in [-0.25, -0.2) is 13.8 Å². The quantitative estimate of drug-likeness (QED) is 0.280. The molecule has 0 aliphatic rings. The van der Waals surface area contributed by atoms with Gasteiger partial charge >= 0.3 is 0 Å². The van der Waals surface area contributed by atoms with E-state index in [1.54, 1.807) is 36.8 Å². The lowest BCUT2D eigenvalue weighted by Gasteiger charge is -2.12. The number of aromatic amines is 2. The number of nitrogens with zero attached hydrogens (tertiary/aromatic N) is 6. The fourth-order valence-corrected chi connectivity index (χ4v) is 4.36. The largest absolute Gasteiger partial charge is 0.384 e. The number of H-pyrrole nitrogens is 2. The maximum atomic E-state index is 15.7. The van der Waals surface area contributed by atoms with Gasteiger partial charge in [-0.2, -0.15) is 5.10 Å². The summed E-state index contributed by atoms with van der Waals surface area (Å²) >= 11 is 0. The van der Waals surface area contributed by atoms with Crippen molar-refractivity contribution in [3.8, 4) is 34.0 Å². The summed E-state index contributed by atoms with van der Waals surface area (Å²) in [5.41, 5.74) is 4.35. The molecule has 0 aliphatic carbocycles. The predicted molar refractivity (Wildman–Crippen MR) is 142 cm³/mol. The number of hydrogen-bond donors (Lipinski definition) is 3. The molecular formula is C27H23F2N9. The van der Waals surface area contributed by atoms with Crippen molar-refractivity contribution in [1.82, 2.24) is 40.0 Å². The molecule has 9 nitrogen and oxygen atoms in total. The molecule has 0 atom stereocenters. The highest BCUT2D eigenvalue weighted by atomic mass is 19.1. The Morgan fingerprint density at radius 3 is 2.63 bits per heavy atom. The van der Waals surface area contributed by atoms with Crippen molar-refractivity contribution in [3.63, 3.8) is 0 Å². The molecule has 0 amide bonds. The van der Waals surface area contributed by atoms with Crippen LogP contribution in [-0.4, -0.2) is 67.2 Å². The minimum Gasteiger partial charge on any atom is -0.384 e. The zero-order valence-corrected chi connectivity index (χ0v) is 20.6. The number of imidazole rings is 1. The highest BCUT2D eigenvalue weighted by Crippen LogP contribution is 2.34. The normalized spacial score (nSPS) is 11.6. The molecule has 0 fully saturated rings. The van der Waals surface area contributed by atoms with Crippen molar-refractivity contribution in [3.05, 3.63) is 72.8 Å². The topological polar surface area (TPSA) is 111 Å². The Morgan fingerprint density at radius 1 is 0.921 bits per heavy atom. The highest BCUT2D eigenvalue weighted by Gasteiger charge is 2.21. The average Bonchev–Trinajstić information content (AvgIpc) is 3.53. The molecule has 5 heterocycles. The van der Waals surface area contributed by atoms with Crippen LogP contribution < -0.4 is 5.32 Å². The summed E-state index contributed by atoms with van der Waals surface area (Å²) in [4.78, 5) is 22.8. The molecule has 0 unspecified atom stereocenters. The number of pyridine rings is 3. The first-order chi connectivity index (χ1) is 18.5. The van der Waals surface area contributed by atoms with E-state index in [9.17, 15) is 4.39 Å². The fourth-order valence-electron chi connectivity index (χ4n) is 4.36. The van der Waals surface area contributed by atoms with E-state index in [4.69, 9.17) is 4.98 Å². The Kier molecular flexibility index (Phi) is 5.97. The number of hydrogen-bond acceptors (Lipinski definition) is 7. The van der Waals surface area contributed by atoms with E-state index in [0.717, 1.165) is 6.54 Å². The lowest BCUT2D eigenvalue weighted by atomic mass is 10.1. The first kappa shape index (κ1) is 23.6. The minimum atomic E-state index is -0.531. The summed E-state index contributed by atoms with van der Waals surface area (Å²) in [6, 6.07) is 9.93. The van der Waals surface area contributed by atoms with Crippen molar-refractivity contribution < 1.29 is 8.78 Å². The van der Waals surface area contributed by atoms with Gasteiger partial charge in [-0.05, 0) is 50.5 Å². The monoisotopic (exact) mass is 511 g/mol. The number of halogens is 2. The van der Waals surface area contributed by atoms with Gasteiger partial charge in [0.2, 0.25) is 0 Å². The van der Waals surface area contributed by atoms with Crippen LogP contribution in [0.1, 0.15) is 0 Å². The summed E-state index contributed by atoms with van der Waals surface area (Å²) in [7, 11) is 3.95.